The van der Waals surface area contributed by atoms with Crippen LogP contribution in [-0.4, -0.2) is 30.4 Å². The van der Waals surface area contributed by atoms with Gasteiger partial charge in [0.2, 0.25) is 0 Å². The Morgan fingerprint density at radius 3 is 2.96 bits per heavy atom. The highest BCUT2D eigenvalue weighted by molar-refractivity contribution is 6.22. The molecule has 8 heteroatoms. The highest BCUT2D eigenvalue weighted by atomic mass is 35.5. The first-order valence-electron chi connectivity index (χ1n) is 6.88. The fraction of sp³-hybridized carbons (Fsp3) is 0.200. The molecule has 0 amide bonds. The van der Waals surface area contributed by atoms with Crippen LogP contribution in [0.3, 0.4) is 0 Å². The zero-order chi connectivity index (χ0) is 16.6. The molecule has 0 saturated carbocycles. The highest BCUT2D eigenvalue weighted by Gasteiger charge is 2.20. The number of carboxylic acids is 1. The van der Waals surface area contributed by atoms with Gasteiger partial charge in [0, 0.05) is 6.54 Å². The van der Waals surface area contributed by atoms with Gasteiger partial charge in [-0.1, -0.05) is 17.7 Å². The number of hydrogen-bond acceptors (Lipinski definition) is 4. The van der Waals surface area contributed by atoms with E-state index in [0.717, 1.165) is 5.52 Å². The number of carboxylic acid groups (broad SMARTS) is 1. The summed E-state index contributed by atoms with van der Waals surface area (Å²) in [6, 6.07) is 8.37. The number of nitrogens with zero attached hydrogens (tertiary/aromatic N) is 5. The predicted octanol–water partition coefficient (Wildman–Crippen LogP) is 2.74. The van der Waals surface area contributed by atoms with Gasteiger partial charge in [0.25, 0.3) is 0 Å². The lowest BCUT2D eigenvalue weighted by Crippen LogP contribution is -2.03. The fourth-order valence-corrected chi connectivity index (χ4v) is 2.63. The Morgan fingerprint density at radius 2 is 2.30 bits per heavy atom. The van der Waals surface area contributed by atoms with Crippen molar-refractivity contribution in [1.82, 2.24) is 19.3 Å². The van der Waals surface area contributed by atoms with Gasteiger partial charge in [-0.05, 0) is 25.1 Å². The van der Waals surface area contributed by atoms with E-state index in [-0.39, 0.29) is 5.56 Å². The molecule has 0 bridgehead atoms. The van der Waals surface area contributed by atoms with E-state index in [1.807, 2.05) is 17.6 Å². The number of aromatic nitrogens is 4. The van der Waals surface area contributed by atoms with Gasteiger partial charge >= 0.3 is 5.97 Å². The van der Waals surface area contributed by atoms with E-state index in [1.165, 1.54) is 12.1 Å². The van der Waals surface area contributed by atoms with E-state index >= 15 is 0 Å². The van der Waals surface area contributed by atoms with Crippen LogP contribution in [-0.2, 0) is 6.54 Å². The maximum Gasteiger partial charge on any atom is 0.335 e. The molecule has 0 saturated heterocycles. The summed E-state index contributed by atoms with van der Waals surface area (Å²) < 4.78 is 3.36. The number of carbonyl (C=O) groups is 1. The third kappa shape index (κ3) is 2.43. The Morgan fingerprint density at radius 1 is 1.52 bits per heavy atom. The molecule has 0 radical (unpaired) electrons. The van der Waals surface area contributed by atoms with Crippen molar-refractivity contribution in [1.29, 1.82) is 5.26 Å². The molecule has 3 aromatic rings. The van der Waals surface area contributed by atoms with Crippen molar-refractivity contribution in [3.05, 3.63) is 41.9 Å². The Balaban J connectivity index is 2.20. The van der Waals surface area contributed by atoms with Gasteiger partial charge in [0.15, 0.2) is 11.0 Å². The predicted molar refractivity (Wildman–Crippen MR) is 83.7 cm³/mol. The Kier molecular flexibility index (Phi) is 3.76. The highest BCUT2D eigenvalue weighted by Crippen LogP contribution is 2.26. The van der Waals surface area contributed by atoms with E-state index in [2.05, 4.69) is 10.1 Å². The largest absolute Gasteiger partial charge is 0.478 e. The van der Waals surface area contributed by atoms with E-state index in [9.17, 15) is 4.79 Å². The zero-order valence-electron chi connectivity index (χ0n) is 12.1. The molecule has 1 unspecified atom stereocenters. The third-order valence-electron chi connectivity index (χ3n) is 3.51. The summed E-state index contributed by atoms with van der Waals surface area (Å²) in [5, 5.41) is 21.6. The summed E-state index contributed by atoms with van der Waals surface area (Å²) in [5.74, 6) is -0.562. The molecule has 0 aliphatic carbocycles. The first-order chi connectivity index (χ1) is 11.1. The van der Waals surface area contributed by atoms with Crippen LogP contribution >= 0.6 is 11.6 Å². The second-order valence-corrected chi connectivity index (χ2v) is 5.26. The van der Waals surface area contributed by atoms with Crippen molar-refractivity contribution in [2.45, 2.75) is 18.8 Å². The maximum absolute atomic E-state index is 11.1. The Bertz CT molecular complexity index is 937. The number of benzene rings is 1. The standard InChI is InChI=1S/C15H12ClN5O2/c1-2-20-12-8-18-21(14(12)19-13(20)11(16)7-17)10-5-3-4-9(6-10)15(22)23/h3-6,8,11H,2H2,1H3,(H,22,23). The topological polar surface area (TPSA) is 96.7 Å². The molecule has 0 spiro atoms. The van der Waals surface area contributed by atoms with Gasteiger partial charge in [-0.2, -0.15) is 10.4 Å². The van der Waals surface area contributed by atoms with Crippen molar-refractivity contribution in [2.75, 3.05) is 0 Å². The number of imidazole rings is 1. The SMILES string of the molecule is CCn1c(C(Cl)C#N)nc2c1cnn2-c1cccc(C(=O)O)c1. The molecule has 1 N–H and O–H groups in total. The molecular formula is C15H12ClN5O2. The van der Waals surface area contributed by atoms with E-state index < -0.39 is 11.3 Å². The second-order valence-electron chi connectivity index (χ2n) is 4.83. The van der Waals surface area contributed by atoms with Crippen molar-refractivity contribution >= 4 is 28.7 Å². The molecule has 1 atom stereocenters. The number of nitriles is 1. The molecule has 0 fully saturated rings. The van der Waals surface area contributed by atoms with Crippen molar-refractivity contribution in [2.24, 2.45) is 0 Å². The van der Waals surface area contributed by atoms with Crippen molar-refractivity contribution in [3.63, 3.8) is 0 Å². The number of alkyl halides is 1. The lowest BCUT2D eigenvalue weighted by molar-refractivity contribution is 0.0697. The Labute approximate surface area is 136 Å². The maximum atomic E-state index is 11.1. The second kappa shape index (κ2) is 5.74. The van der Waals surface area contributed by atoms with Gasteiger partial charge in [-0.15, -0.1) is 0 Å². The van der Waals surface area contributed by atoms with Crippen LogP contribution in [0, 0.1) is 11.3 Å². The summed E-state index contributed by atoms with van der Waals surface area (Å²) >= 11 is 6.02. The lowest BCUT2D eigenvalue weighted by atomic mass is 10.2. The molecule has 0 aliphatic heterocycles. The number of rotatable bonds is 4. The van der Waals surface area contributed by atoms with Crippen molar-refractivity contribution in [3.8, 4) is 11.8 Å². The van der Waals surface area contributed by atoms with Gasteiger partial charge in [0.05, 0.1) is 23.5 Å². The number of aromatic carboxylic acids is 1. The van der Waals surface area contributed by atoms with Gasteiger partial charge in [-0.25, -0.2) is 14.5 Å². The summed E-state index contributed by atoms with van der Waals surface area (Å²) in [6.45, 7) is 2.52. The first kappa shape index (κ1) is 15.1. The van der Waals surface area contributed by atoms with Gasteiger partial charge in [0.1, 0.15) is 11.3 Å². The summed E-state index contributed by atoms with van der Waals surface area (Å²) in [4.78, 5) is 15.5. The number of fused-ring (bicyclic) bond motifs is 1. The van der Waals surface area contributed by atoms with Gasteiger partial charge in [-0.3, -0.25) is 0 Å². The van der Waals surface area contributed by atoms with Crippen molar-refractivity contribution < 1.29 is 9.90 Å². The average Bonchev–Trinajstić information content (AvgIpc) is 3.12. The Hall–Kier alpha value is -2.85. The quantitative estimate of drug-likeness (QED) is 0.742. The van der Waals surface area contributed by atoms with Crippen LogP contribution in [0.1, 0.15) is 28.5 Å². The van der Waals surface area contributed by atoms with Crippen LogP contribution < -0.4 is 0 Å². The summed E-state index contributed by atoms with van der Waals surface area (Å²) in [7, 11) is 0. The smallest absolute Gasteiger partial charge is 0.335 e. The molecule has 2 aromatic heterocycles. The fourth-order valence-electron chi connectivity index (χ4n) is 2.46. The molecule has 3 rings (SSSR count). The minimum atomic E-state index is -1.01. The van der Waals surface area contributed by atoms with E-state index in [4.69, 9.17) is 22.0 Å². The number of aryl methyl sites for hydroxylation is 1. The average molecular weight is 330 g/mol. The minimum absolute atomic E-state index is 0.161. The zero-order valence-corrected chi connectivity index (χ0v) is 12.9. The molecule has 23 heavy (non-hydrogen) atoms. The molecule has 2 heterocycles. The van der Waals surface area contributed by atoms with Crippen LogP contribution in [0.5, 0.6) is 0 Å². The number of hydrogen-bond donors (Lipinski definition) is 1. The van der Waals surface area contributed by atoms with Crippen LogP contribution in [0.2, 0.25) is 0 Å². The van der Waals surface area contributed by atoms with E-state index in [1.54, 1.807) is 23.0 Å². The van der Waals surface area contributed by atoms with Gasteiger partial charge < -0.3 is 9.67 Å². The first-order valence-corrected chi connectivity index (χ1v) is 7.32. The summed E-state index contributed by atoms with van der Waals surface area (Å²) in [5.41, 5.74) is 2.01. The lowest BCUT2D eigenvalue weighted by Gasteiger charge is -2.04. The van der Waals surface area contributed by atoms with Crippen LogP contribution in [0.4, 0.5) is 0 Å². The normalized spacial score (nSPS) is 12.2. The molecule has 7 nitrogen and oxygen atoms in total. The molecular weight excluding hydrogens is 318 g/mol. The van der Waals surface area contributed by atoms with E-state index in [0.29, 0.717) is 23.7 Å². The molecule has 0 aliphatic rings. The van der Waals surface area contributed by atoms with Crippen LogP contribution in [0.25, 0.3) is 16.9 Å². The third-order valence-corrected chi connectivity index (χ3v) is 3.80. The minimum Gasteiger partial charge on any atom is -0.478 e. The summed E-state index contributed by atoms with van der Waals surface area (Å²) in [6.07, 6.45) is 1.63. The monoisotopic (exact) mass is 329 g/mol. The molecule has 1 aromatic carbocycles. The number of halogens is 1. The van der Waals surface area contributed by atoms with Crippen LogP contribution in [0.15, 0.2) is 30.5 Å². The molecule has 116 valence electrons.